The standard InChI is InChI=1S/C11H20N2O2S/c1-4-11-13-9(8-15-3)10(16-11)7-12-5-6-14-2/h12H,4-8H2,1-3H3. The van der Waals surface area contributed by atoms with E-state index in [1.54, 1.807) is 25.6 Å². The van der Waals surface area contributed by atoms with Gasteiger partial charge in [-0.3, -0.25) is 0 Å². The SMILES string of the molecule is CCc1nc(COC)c(CNCCOC)s1. The summed E-state index contributed by atoms with van der Waals surface area (Å²) in [5, 5.41) is 4.51. The molecule has 92 valence electrons. The third-order valence-electron chi connectivity index (χ3n) is 2.17. The molecule has 4 nitrogen and oxygen atoms in total. The third kappa shape index (κ3) is 4.17. The molecule has 1 rings (SSSR count). The first kappa shape index (κ1) is 13.6. The lowest BCUT2D eigenvalue weighted by Gasteiger charge is -2.03. The molecule has 0 fully saturated rings. The number of thiazole rings is 1. The molecule has 0 bridgehead atoms. The maximum absolute atomic E-state index is 5.15. The normalized spacial score (nSPS) is 10.9. The Morgan fingerprint density at radius 1 is 1.31 bits per heavy atom. The molecule has 0 aliphatic carbocycles. The number of aromatic nitrogens is 1. The van der Waals surface area contributed by atoms with Crippen molar-refractivity contribution in [2.24, 2.45) is 0 Å². The van der Waals surface area contributed by atoms with E-state index in [1.807, 2.05) is 0 Å². The summed E-state index contributed by atoms with van der Waals surface area (Å²) in [5.74, 6) is 0. The third-order valence-corrected chi connectivity index (χ3v) is 3.42. The molecule has 0 radical (unpaired) electrons. The van der Waals surface area contributed by atoms with Gasteiger partial charge in [0.2, 0.25) is 0 Å². The van der Waals surface area contributed by atoms with E-state index in [0.717, 1.165) is 31.8 Å². The van der Waals surface area contributed by atoms with Gasteiger partial charge in [0.15, 0.2) is 0 Å². The Morgan fingerprint density at radius 3 is 2.75 bits per heavy atom. The van der Waals surface area contributed by atoms with Gasteiger partial charge in [0, 0.05) is 32.2 Å². The fourth-order valence-corrected chi connectivity index (χ4v) is 2.33. The van der Waals surface area contributed by atoms with Crippen molar-refractivity contribution >= 4 is 11.3 Å². The van der Waals surface area contributed by atoms with Gasteiger partial charge in [0.25, 0.3) is 0 Å². The number of ether oxygens (including phenoxy) is 2. The van der Waals surface area contributed by atoms with E-state index < -0.39 is 0 Å². The first-order valence-electron chi connectivity index (χ1n) is 5.47. The highest BCUT2D eigenvalue weighted by molar-refractivity contribution is 7.11. The molecule has 5 heteroatoms. The minimum atomic E-state index is 0.595. The predicted molar refractivity (Wildman–Crippen MR) is 65.8 cm³/mol. The van der Waals surface area contributed by atoms with Crippen molar-refractivity contribution in [3.63, 3.8) is 0 Å². The highest BCUT2D eigenvalue weighted by Gasteiger charge is 2.09. The van der Waals surface area contributed by atoms with E-state index in [2.05, 4.69) is 17.2 Å². The zero-order valence-corrected chi connectivity index (χ0v) is 11.0. The van der Waals surface area contributed by atoms with Crippen molar-refractivity contribution in [1.29, 1.82) is 0 Å². The second-order valence-electron chi connectivity index (χ2n) is 3.43. The van der Waals surface area contributed by atoms with Gasteiger partial charge >= 0.3 is 0 Å². The molecule has 16 heavy (non-hydrogen) atoms. The number of nitrogens with one attached hydrogen (secondary N) is 1. The molecular weight excluding hydrogens is 224 g/mol. The Morgan fingerprint density at radius 2 is 2.12 bits per heavy atom. The molecule has 0 aromatic carbocycles. The summed E-state index contributed by atoms with van der Waals surface area (Å²) >= 11 is 1.76. The molecule has 1 N–H and O–H groups in total. The van der Waals surface area contributed by atoms with Crippen LogP contribution in [0.4, 0.5) is 0 Å². The second kappa shape index (κ2) is 7.73. The molecule has 1 aromatic heterocycles. The van der Waals surface area contributed by atoms with Crippen LogP contribution in [-0.2, 0) is 29.0 Å². The minimum Gasteiger partial charge on any atom is -0.383 e. The quantitative estimate of drug-likeness (QED) is 0.705. The fraction of sp³-hybridized carbons (Fsp3) is 0.727. The summed E-state index contributed by atoms with van der Waals surface area (Å²) in [6.07, 6.45) is 0.986. The van der Waals surface area contributed by atoms with Crippen LogP contribution in [0.2, 0.25) is 0 Å². The van der Waals surface area contributed by atoms with Gasteiger partial charge in [-0.15, -0.1) is 11.3 Å². The van der Waals surface area contributed by atoms with Gasteiger partial charge in [-0.2, -0.15) is 0 Å². The average Bonchev–Trinajstić information content (AvgIpc) is 2.68. The van der Waals surface area contributed by atoms with E-state index in [-0.39, 0.29) is 0 Å². The van der Waals surface area contributed by atoms with E-state index >= 15 is 0 Å². The number of hydrogen-bond acceptors (Lipinski definition) is 5. The molecule has 0 amide bonds. The molecule has 0 atom stereocenters. The average molecular weight is 244 g/mol. The van der Waals surface area contributed by atoms with Gasteiger partial charge < -0.3 is 14.8 Å². The van der Waals surface area contributed by atoms with Crippen LogP contribution in [-0.4, -0.2) is 32.4 Å². The van der Waals surface area contributed by atoms with E-state index in [9.17, 15) is 0 Å². The lowest BCUT2D eigenvalue weighted by atomic mass is 10.3. The van der Waals surface area contributed by atoms with Crippen LogP contribution < -0.4 is 5.32 Å². The number of rotatable bonds is 8. The number of methoxy groups -OCH3 is 2. The van der Waals surface area contributed by atoms with Crippen molar-refractivity contribution in [1.82, 2.24) is 10.3 Å². The molecule has 0 unspecified atom stereocenters. The van der Waals surface area contributed by atoms with Crippen LogP contribution in [0.5, 0.6) is 0 Å². The highest BCUT2D eigenvalue weighted by atomic mass is 32.1. The van der Waals surface area contributed by atoms with Crippen LogP contribution in [0.3, 0.4) is 0 Å². The van der Waals surface area contributed by atoms with Gasteiger partial charge in [-0.1, -0.05) is 6.92 Å². The minimum absolute atomic E-state index is 0.595. The first-order valence-corrected chi connectivity index (χ1v) is 6.29. The maximum Gasteiger partial charge on any atom is 0.0929 e. The zero-order valence-electron chi connectivity index (χ0n) is 10.2. The summed E-state index contributed by atoms with van der Waals surface area (Å²) in [7, 11) is 3.41. The molecule has 0 aliphatic heterocycles. The molecule has 0 spiro atoms. The lowest BCUT2D eigenvalue weighted by molar-refractivity contribution is 0.180. The van der Waals surface area contributed by atoms with Crippen molar-refractivity contribution in [2.45, 2.75) is 26.5 Å². The van der Waals surface area contributed by atoms with Gasteiger partial charge in [0.05, 0.1) is 23.9 Å². The molecule has 0 saturated carbocycles. The Labute approximate surface area is 101 Å². The van der Waals surface area contributed by atoms with Crippen molar-refractivity contribution in [3.8, 4) is 0 Å². The molecule has 1 aromatic rings. The van der Waals surface area contributed by atoms with E-state index in [4.69, 9.17) is 9.47 Å². The van der Waals surface area contributed by atoms with Crippen molar-refractivity contribution in [3.05, 3.63) is 15.6 Å². The molecular formula is C11H20N2O2S. The maximum atomic E-state index is 5.15. The first-order chi connectivity index (χ1) is 7.81. The smallest absolute Gasteiger partial charge is 0.0929 e. The van der Waals surface area contributed by atoms with Crippen LogP contribution in [0.15, 0.2) is 0 Å². The van der Waals surface area contributed by atoms with Crippen molar-refractivity contribution < 1.29 is 9.47 Å². The monoisotopic (exact) mass is 244 g/mol. The van der Waals surface area contributed by atoms with Crippen LogP contribution >= 0.6 is 11.3 Å². The van der Waals surface area contributed by atoms with Gasteiger partial charge in [0.1, 0.15) is 0 Å². The Balaban J connectivity index is 2.51. The summed E-state index contributed by atoms with van der Waals surface area (Å²) < 4.78 is 10.1. The largest absolute Gasteiger partial charge is 0.383 e. The summed E-state index contributed by atoms with van der Waals surface area (Å²) in [4.78, 5) is 5.81. The topological polar surface area (TPSA) is 43.4 Å². The van der Waals surface area contributed by atoms with Gasteiger partial charge in [-0.25, -0.2) is 4.98 Å². The number of nitrogens with zero attached hydrogens (tertiary/aromatic N) is 1. The Bertz CT molecular complexity index is 302. The Kier molecular flexibility index (Phi) is 6.56. The van der Waals surface area contributed by atoms with Crippen molar-refractivity contribution in [2.75, 3.05) is 27.4 Å². The molecule has 0 saturated heterocycles. The predicted octanol–water partition coefficient (Wildman–Crippen LogP) is 1.59. The van der Waals surface area contributed by atoms with Gasteiger partial charge in [-0.05, 0) is 6.42 Å². The summed E-state index contributed by atoms with van der Waals surface area (Å²) in [6, 6.07) is 0. The second-order valence-corrected chi connectivity index (χ2v) is 4.60. The summed E-state index contributed by atoms with van der Waals surface area (Å²) in [6.45, 7) is 5.16. The number of aryl methyl sites for hydroxylation is 1. The molecule has 0 aliphatic rings. The summed E-state index contributed by atoms with van der Waals surface area (Å²) in [5.41, 5.74) is 1.06. The zero-order chi connectivity index (χ0) is 11.8. The van der Waals surface area contributed by atoms with Crippen LogP contribution in [0, 0.1) is 0 Å². The van der Waals surface area contributed by atoms with Crippen LogP contribution in [0.1, 0.15) is 22.5 Å². The highest BCUT2D eigenvalue weighted by Crippen LogP contribution is 2.19. The lowest BCUT2D eigenvalue weighted by Crippen LogP contribution is -2.18. The van der Waals surface area contributed by atoms with Crippen LogP contribution in [0.25, 0.3) is 0 Å². The molecule has 1 heterocycles. The number of hydrogen-bond donors (Lipinski definition) is 1. The van der Waals surface area contributed by atoms with E-state index in [0.29, 0.717) is 6.61 Å². The fourth-order valence-electron chi connectivity index (χ4n) is 1.35. The van der Waals surface area contributed by atoms with E-state index in [1.165, 1.54) is 9.88 Å². The Hall–Kier alpha value is -0.490.